The lowest BCUT2D eigenvalue weighted by molar-refractivity contribution is 0.0487. The van der Waals surface area contributed by atoms with E-state index < -0.39 is 17.7 Å². The highest BCUT2D eigenvalue weighted by atomic mass is 19.1. The number of ether oxygens (including phenoxy) is 1. The summed E-state index contributed by atoms with van der Waals surface area (Å²) in [6.07, 6.45) is -0.0325. The van der Waals surface area contributed by atoms with Gasteiger partial charge in [0.2, 0.25) is 0 Å². The van der Waals surface area contributed by atoms with Crippen molar-refractivity contribution in [2.75, 3.05) is 0 Å². The monoisotopic (exact) mass is 255 g/mol. The normalized spacial score (nSPS) is 33.7. The van der Waals surface area contributed by atoms with Gasteiger partial charge in [0.15, 0.2) is 0 Å². The minimum atomic E-state index is -0.679. The van der Waals surface area contributed by atoms with Gasteiger partial charge in [-0.2, -0.15) is 0 Å². The fraction of sp³-hybridized carbons (Fsp3) is 0.571. The van der Waals surface area contributed by atoms with Gasteiger partial charge in [-0.1, -0.05) is 13.0 Å². The number of rotatable bonds is 2. The van der Waals surface area contributed by atoms with Crippen molar-refractivity contribution in [3.8, 4) is 0 Å². The highest BCUT2D eigenvalue weighted by Crippen LogP contribution is 2.40. The van der Waals surface area contributed by atoms with Crippen molar-refractivity contribution in [3.63, 3.8) is 0 Å². The Bertz CT molecular complexity index is 418. The Morgan fingerprint density at radius 1 is 1.11 bits per heavy atom. The van der Waals surface area contributed by atoms with Crippen LogP contribution in [0.4, 0.5) is 8.78 Å². The van der Waals surface area contributed by atoms with Gasteiger partial charge >= 0.3 is 0 Å². The van der Waals surface area contributed by atoms with Gasteiger partial charge in [0.25, 0.3) is 0 Å². The van der Waals surface area contributed by atoms with Crippen LogP contribution in [-0.4, -0.2) is 12.2 Å². The molecule has 2 N–H and O–H groups in total. The third-order valence-corrected chi connectivity index (χ3v) is 4.07. The molecule has 1 saturated heterocycles. The second-order valence-electron chi connectivity index (χ2n) is 5.14. The standard InChI is InChI=1S/C14H19F2NO/c1-7-8(2)18-9(3)12(7)14(17)13-10(15)5-4-6-11(13)16/h4-9,12,14H,17H2,1-3H3. The van der Waals surface area contributed by atoms with E-state index in [1.165, 1.54) is 18.2 Å². The highest BCUT2D eigenvalue weighted by molar-refractivity contribution is 5.24. The molecule has 1 aromatic carbocycles. The molecule has 1 fully saturated rings. The Balaban J connectivity index is 2.34. The molecule has 0 aliphatic carbocycles. The summed E-state index contributed by atoms with van der Waals surface area (Å²) in [6, 6.07) is 3.16. The Kier molecular flexibility index (Phi) is 3.69. The number of benzene rings is 1. The molecule has 4 heteroatoms. The zero-order chi connectivity index (χ0) is 13.4. The SMILES string of the molecule is CC1OC(C)C(C(N)c2c(F)cccc2F)C1C. The predicted octanol–water partition coefficient (Wildman–Crippen LogP) is 3.02. The van der Waals surface area contributed by atoms with E-state index >= 15 is 0 Å². The summed E-state index contributed by atoms with van der Waals surface area (Å²) in [5.74, 6) is -1.07. The molecule has 0 bridgehead atoms. The van der Waals surface area contributed by atoms with Crippen LogP contribution in [0.15, 0.2) is 18.2 Å². The van der Waals surface area contributed by atoms with Gasteiger partial charge < -0.3 is 10.5 Å². The zero-order valence-corrected chi connectivity index (χ0v) is 10.9. The van der Waals surface area contributed by atoms with E-state index in [0.717, 1.165) is 0 Å². The summed E-state index contributed by atoms with van der Waals surface area (Å²) in [4.78, 5) is 0. The quantitative estimate of drug-likeness (QED) is 0.881. The molecule has 1 aromatic rings. The van der Waals surface area contributed by atoms with Crippen molar-refractivity contribution in [1.82, 2.24) is 0 Å². The van der Waals surface area contributed by atoms with Gasteiger partial charge in [-0.15, -0.1) is 0 Å². The molecule has 100 valence electrons. The van der Waals surface area contributed by atoms with Crippen LogP contribution in [0.2, 0.25) is 0 Å². The van der Waals surface area contributed by atoms with E-state index in [9.17, 15) is 8.78 Å². The number of hydrogen-bond acceptors (Lipinski definition) is 2. The third-order valence-electron chi connectivity index (χ3n) is 4.07. The van der Waals surface area contributed by atoms with Gasteiger partial charge in [-0.3, -0.25) is 0 Å². The first kappa shape index (κ1) is 13.4. The van der Waals surface area contributed by atoms with E-state index in [0.29, 0.717) is 0 Å². The largest absolute Gasteiger partial charge is 0.375 e. The van der Waals surface area contributed by atoms with Gasteiger partial charge in [-0.05, 0) is 31.9 Å². The maximum Gasteiger partial charge on any atom is 0.130 e. The molecular formula is C14H19F2NO. The molecule has 0 aromatic heterocycles. The lowest BCUT2D eigenvalue weighted by atomic mass is 9.80. The first-order valence-corrected chi connectivity index (χ1v) is 6.28. The fourth-order valence-electron chi connectivity index (χ4n) is 2.93. The Morgan fingerprint density at radius 2 is 1.67 bits per heavy atom. The van der Waals surface area contributed by atoms with Crippen molar-refractivity contribution in [3.05, 3.63) is 35.4 Å². The highest BCUT2D eigenvalue weighted by Gasteiger charge is 2.42. The molecule has 0 amide bonds. The lowest BCUT2D eigenvalue weighted by Gasteiger charge is -2.26. The molecule has 0 spiro atoms. The number of hydrogen-bond donors (Lipinski definition) is 1. The maximum absolute atomic E-state index is 13.7. The van der Waals surface area contributed by atoms with Crippen molar-refractivity contribution >= 4 is 0 Å². The molecule has 1 aliphatic rings. The molecule has 2 rings (SSSR count). The summed E-state index contributed by atoms with van der Waals surface area (Å²) in [6.45, 7) is 5.88. The van der Waals surface area contributed by atoms with Gasteiger partial charge in [0, 0.05) is 17.5 Å². The average Bonchev–Trinajstić information content (AvgIpc) is 2.52. The van der Waals surface area contributed by atoms with Crippen molar-refractivity contribution in [1.29, 1.82) is 0 Å². The summed E-state index contributed by atoms with van der Waals surface area (Å²) in [5.41, 5.74) is 6.06. The lowest BCUT2D eigenvalue weighted by Crippen LogP contribution is -2.32. The molecule has 5 unspecified atom stereocenters. The number of halogens is 2. The van der Waals surface area contributed by atoms with Gasteiger partial charge in [0.1, 0.15) is 11.6 Å². The van der Waals surface area contributed by atoms with E-state index in [2.05, 4.69) is 0 Å². The van der Waals surface area contributed by atoms with Crippen LogP contribution >= 0.6 is 0 Å². The molecule has 5 atom stereocenters. The van der Waals surface area contributed by atoms with E-state index in [4.69, 9.17) is 10.5 Å². The molecule has 0 saturated carbocycles. The average molecular weight is 255 g/mol. The minimum Gasteiger partial charge on any atom is -0.375 e. The predicted molar refractivity (Wildman–Crippen MR) is 65.9 cm³/mol. The van der Waals surface area contributed by atoms with Crippen LogP contribution in [0.3, 0.4) is 0 Å². The van der Waals surface area contributed by atoms with Crippen LogP contribution in [-0.2, 0) is 4.74 Å². The van der Waals surface area contributed by atoms with Crippen molar-refractivity contribution in [2.45, 2.75) is 39.0 Å². The summed E-state index contributed by atoms with van der Waals surface area (Å²) < 4.78 is 33.2. The minimum absolute atomic E-state index is 0.0288. The van der Waals surface area contributed by atoms with Crippen LogP contribution in [0.5, 0.6) is 0 Å². The molecular weight excluding hydrogens is 236 g/mol. The summed E-state index contributed by atoms with van der Waals surface area (Å²) in [7, 11) is 0. The second-order valence-corrected chi connectivity index (χ2v) is 5.14. The van der Waals surface area contributed by atoms with Crippen LogP contribution in [0, 0.1) is 23.5 Å². The molecule has 18 heavy (non-hydrogen) atoms. The van der Waals surface area contributed by atoms with E-state index in [1.54, 1.807) is 0 Å². The second kappa shape index (κ2) is 4.94. The Morgan fingerprint density at radius 3 is 2.11 bits per heavy atom. The Labute approximate surface area is 106 Å². The first-order valence-electron chi connectivity index (χ1n) is 6.28. The van der Waals surface area contributed by atoms with Crippen LogP contribution < -0.4 is 5.73 Å². The van der Waals surface area contributed by atoms with Crippen LogP contribution in [0.25, 0.3) is 0 Å². The number of nitrogens with two attached hydrogens (primary N) is 1. The van der Waals surface area contributed by atoms with Gasteiger partial charge in [-0.25, -0.2) is 8.78 Å². The molecule has 1 heterocycles. The topological polar surface area (TPSA) is 35.2 Å². The van der Waals surface area contributed by atoms with Crippen molar-refractivity contribution < 1.29 is 13.5 Å². The summed E-state index contributed by atoms with van der Waals surface area (Å²) >= 11 is 0. The smallest absolute Gasteiger partial charge is 0.130 e. The van der Waals surface area contributed by atoms with Crippen LogP contribution in [0.1, 0.15) is 32.4 Å². The molecule has 1 aliphatic heterocycles. The summed E-state index contributed by atoms with van der Waals surface area (Å²) in [5, 5.41) is 0. The van der Waals surface area contributed by atoms with E-state index in [1.807, 2.05) is 20.8 Å². The molecule has 2 nitrogen and oxygen atoms in total. The third kappa shape index (κ3) is 2.15. The fourth-order valence-corrected chi connectivity index (χ4v) is 2.93. The van der Waals surface area contributed by atoms with Gasteiger partial charge in [0.05, 0.1) is 12.2 Å². The Hall–Kier alpha value is -1.00. The first-order chi connectivity index (χ1) is 8.43. The zero-order valence-electron chi connectivity index (χ0n) is 10.9. The maximum atomic E-state index is 13.7. The van der Waals surface area contributed by atoms with Crippen molar-refractivity contribution in [2.24, 2.45) is 17.6 Å². The molecule has 0 radical (unpaired) electrons. The van der Waals surface area contributed by atoms with E-state index in [-0.39, 0.29) is 29.6 Å².